The summed E-state index contributed by atoms with van der Waals surface area (Å²) in [6.07, 6.45) is 0.788. The molecule has 0 N–H and O–H groups in total. The van der Waals surface area contributed by atoms with Gasteiger partial charge in [0.15, 0.2) is 11.9 Å². The molecule has 4 heteroatoms. The number of aldehydes is 1. The lowest BCUT2D eigenvalue weighted by Gasteiger charge is -2.25. The smallest absolute Gasteiger partial charge is 0.162 e. The van der Waals surface area contributed by atoms with Crippen LogP contribution in [0.3, 0.4) is 0 Å². The van der Waals surface area contributed by atoms with Crippen molar-refractivity contribution in [2.45, 2.75) is 40.2 Å². The Morgan fingerprint density at radius 1 is 1.26 bits per heavy atom. The van der Waals surface area contributed by atoms with E-state index >= 15 is 0 Å². The van der Waals surface area contributed by atoms with E-state index in [0.717, 1.165) is 17.5 Å². The maximum absolute atomic E-state index is 10.9. The lowest BCUT2D eigenvalue weighted by Crippen LogP contribution is -2.30. The topological polar surface area (TPSA) is 29.5 Å². The van der Waals surface area contributed by atoms with Crippen LogP contribution in [0.5, 0.6) is 5.75 Å². The highest BCUT2D eigenvalue weighted by molar-refractivity contribution is 6.31. The highest BCUT2D eigenvalue weighted by Crippen LogP contribution is 2.34. The maximum atomic E-state index is 10.9. The van der Waals surface area contributed by atoms with Gasteiger partial charge in [-0.3, -0.25) is 4.79 Å². The molecule has 19 heavy (non-hydrogen) atoms. The van der Waals surface area contributed by atoms with Crippen molar-refractivity contribution in [3.05, 3.63) is 22.7 Å². The summed E-state index contributed by atoms with van der Waals surface area (Å²) in [5, 5.41) is 0.685. The van der Waals surface area contributed by atoms with Crippen LogP contribution in [-0.4, -0.2) is 26.0 Å². The van der Waals surface area contributed by atoms with Crippen LogP contribution in [0, 0.1) is 6.92 Å². The summed E-state index contributed by atoms with van der Waals surface area (Å²) in [6.45, 7) is 9.36. The van der Waals surface area contributed by atoms with Crippen LogP contribution in [0.2, 0.25) is 5.02 Å². The zero-order valence-corrected chi connectivity index (χ0v) is 13.6. The lowest BCUT2D eigenvalue weighted by molar-refractivity contribution is -0.118. The SMILES string of the molecule is CC.Cc1cc(OC(C)(C)C=O)c(N(C)C)cc1Cl. The Labute approximate surface area is 121 Å². The molecule has 0 aliphatic carbocycles. The van der Waals surface area contributed by atoms with Crippen molar-refractivity contribution in [2.24, 2.45) is 0 Å². The second kappa shape index (κ2) is 7.39. The molecule has 0 saturated carbocycles. The number of ether oxygens (including phenoxy) is 1. The van der Waals surface area contributed by atoms with Crippen molar-refractivity contribution < 1.29 is 9.53 Å². The monoisotopic (exact) mass is 285 g/mol. The van der Waals surface area contributed by atoms with E-state index in [1.54, 1.807) is 13.8 Å². The molecular weight excluding hydrogens is 262 g/mol. The van der Waals surface area contributed by atoms with E-state index in [2.05, 4.69) is 0 Å². The Balaban J connectivity index is 0.00000154. The van der Waals surface area contributed by atoms with Gasteiger partial charge in [0.25, 0.3) is 0 Å². The molecule has 0 unspecified atom stereocenters. The summed E-state index contributed by atoms with van der Waals surface area (Å²) in [4.78, 5) is 12.8. The fraction of sp³-hybridized carbons (Fsp3) is 0.533. The van der Waals surface area contributed by atoms with Crippen LogP contribution in [0.15, 0.2) is 12.1 Å². The molecule has 0 aromatic heterocycles. The molecule has 0 radical (unpaired) electrons. The molecule has 0 heterocycles. The van der Waals surface area contributed by atoms with Crippen LogP contribution in [0.4, 0.5) is 5.69 Å². The number of aryl methyl sites for hydroxylation is 1. The molecule has 3 nitrogen and oxygen atoms in total. The molecule has 1 aromatic carbocycles. The fourth-order valence-corrected chi connectivity index (χ4v) is 1.54. The van der Waals surface area contributed by atoms with Gasteiger partial charge in [-0.05, 0) is 38.5 Å². The molecule has 0 saturated heterocycles. The summed E-state index contributed by atoms with van der Waals surface area (Å²) in [5.74, 6) is 0.661. The van der Waals surface area contributed by atoms with Gasteiger partial charge in [0.2, 0.25) is 0 Å². The van der Waals surface area contributed by atoms with Gasteiger partial charge >= 0.3 is 0 Å². The third-order valence-electron chi connectivity index (χ3n) is 2.38. The van der Waals surface area contributed by atoms with E-state index in [9.17, 15) is 4.79 Å². The second-order valence-corrected chi connectivity index (χ2v) is 5.19. The first-order chi connectivity index (χ1) is 8.76. The predicted octanol–water partition coefficient (Wildman–Crippen LogP) is 4.10. The van der Waals surface area contributed by atoms with Gasteiger partial charge in [-0.2, -0.15) is 0 Å². The van der Waals surface area contributed by atoms with Crippen LogP contribution in [0.25, 0.3) is 0 Å². The Hall–Kier alpha value is -1.22. The first-order valence-corrected chi connectivity index (χ1v) is 6.77. The first-order valence-electron chi connectivity index (χ1n) is 6.39. The average molecular weight is 286 g/mol. The molecule has 0 atom stereocenters. The quantitative estimate of drug-likeness (QED) is 0.780. The van der Waals surface area contributed by atoms with E-state index < -0.39 is 5.60 Å². The minimum atomic E-state index is -0.842. The molecule has 108 valence electrons. The maximum Gasteiger partial charge on any atom is 0.162 e. The van der Waals surface area contributed by atoms with Gasteiger partial charge in [0.1, 0.15) is 5.75 Å². The first kappa shape index (κ1) is 17.8. The van der Waals surface area contributed by atoms with Gasteiger partial charge < -0.3 is 9.64 Å². The highest BCUT2D eigenvalue weighted by Gasteiger charge is 2.21. The van der Waals surface area contributed by atoms with Gasteiger partial charge in [-0.1, -0.05) is 25.4 Å². The van der Waals surface area contributed by atoms with E-state index in [4.69, 9.17) is 16.3 Å². The molecule has 0 bridgehead atoms. The highest BCUT2D eigenvalue weighted by atomic mass is 35.5. The summed E-state index contributed by atoms with van der Waals surface area (Å²) < 4.78 is 5.71. The minimum Gasteiger partial charge on any atom is -0.478 e. The minimum absolute atomic E-state index is 0.661. The Morgan fingerprint density at radius 2 is 1.79 bits per heavy atom. The summed E-state index contributed by atoms with van der Waals surface area (Å²) in [6, 6.07) is 3.69. The summed E-state index contributed by atoms with van der Waals surface area (Å²) in [7, 11) is 3.81. The molecule has 1 rings (SSSR count). The van der Waals surface area contributed by atoms with Crippen LogP contribution < -0.4 is 9.64 Å². The average Bonchev–Trinajstić information content (AvgIpc) is 2.35. The number of halogens is 1. The number of hydrogen-bond acceptors (Lipinski definition) is 3. The largest absolute Gasteiger partial charge is 0.478 e. The van der Waals surface area contributed by atoms with Crippen LogP contribution in [0.1, 0.15) is 33.3 Å². The van der Waals surface area contributed by atoms with Gasteiger partial charge in [0, 0.05) is 19.1 Å². The normalized spacial score (nSPS) is 10.3. The molecule has 0 aliphatic rings. The van der Waals surface area contributed by atoms with Crippen molar-refractivity contribution in [3.8, 4) is 5.75 Å². The predicted molar refractivity (Wildman–Crippen MR) is 82.6 cm³/mol. The second-order valence-electron chi connectivity index (χ2n) is 4.79. The van der Waals surface area contributed by atoms with E-state index in [-0.39, 0.29) is 0 Å². The number of rotatable bonds is 4. The number of carbonyl (C=O) groups is 1. The lowest BCUT2D eigenvalue weighted by atomic mass is 10.1. The third kappa shape index (κ3) is 5.11. The Bertz CT molecular complexity index is 428. The Morgan fingerprint density at radius 3 is 2.21 bits per heavy atom. The van der Waals surface area contributed by atoms with Crippen molar-refractivity contribution in [1.29, 1.82) is 0 Å². The van der Waals surface area contributed by atoms with Crippen molar-refractivity contribution in [2.75, 3.05) is 19.0 Å². The molecule has 0 amide bonds. The van der Waals surface area contributed by atoms with Crippen molar-refractivity contribution in [3.63, 3.8) is 0 Å². The molecule has 1 aromatic rings. The van der Waals surface area contributed by atoms with E-state index in [1.807, 2.05) is 51.9 Å². The van der Waals surface area contributed by atoms with Crippen molar-refractivity contribution >= 4 is 23.6 Å². The number of carbonyl (C=O) groups excluding carboxylic acids is 1. The number of anilines is 1. The van der Waals surface area contributed by atoms with Crippen molar-refractivity contribution in [1.82, 2.24) is 0 Å². The van der Waals surface area contributed by atoms with Gasteiger partial charge in [0.05, 0.1) is 5.69 Å². The molecule has 0 aliphatic heterocycles. The van der Waals surface area contributed by atoms with E-state index in [0.29, 0.717) is 10.8 Å². The number of benzene rings is 1. The van der Waals surface area contributed by atoms with Crippen LogP contribution >= 0.6 is 11.6 Å². The molecule has 0 fully saturated rings. The molecule has 0 spiro atoms. The zero-order valence-electron chi connectivity index (χ0n) is 12.9. The summed E-state index contributed by atoms with van der Waals surface area (Å²) >= 11 is 6.08. The summed E-state index contributed by atoms with van der Waals surface area (Å²) in [5.41, 5.74) is 0.940. The fourth-order valence-electron chi connectivity index (χ4n) is 1.38. The van der Waals surface area contributed by atoms with Gasteiger partial charge in [-0.25, -0.2) is 0 Å². The number of nitrogens with zero attached hydrogens (tertiary/aromatic N) is 1. The standard InChI is InChI=1S/C13H18ClNO2.C2H6/c1-9-6-12(17-13(2,3)8-16)11(15(4)5)7-10(9)14;1-2/h6-8H,1-5H3;1-2H3. The third-order valence-corrected chi connectivity index (χ3v) is 2.79. The van der Waals surface area contributed by atoms with Crippen LogP contribution in [-0.2, 0) is 4.79 Å². The zero-order chi connectivity index (χ0) is 15.2. The number of hydrogen-bond donors (Lipinski definition) is 0. The molecular formula is C15H24ClNO2. The van der Waals surface area contributed by atoms with Gasteiger partial charge in [-0.15, -0.1) is 0 Å². The van der Waals surface area contributed by atoms with E-state index in [1.165, 1.54) is 0 Å². The Kier molecular flexibility index (Phi) is 6.91.